The molecule has 0 radical (unpaired) electrons. The van der Waals surface area contributed by atoms with Crippen molar-refractivity contribution in [1.29, 1.82) is 0 Å². The van der Waals surface area contributed by atoms with Gasteiger partial charge in [-0.25, -0.2) is 5.43 Å². The van der Waals surface area contributed by atoms with Crippen LogP contribution in [0.4, 0.5) is 5.69 Å². The summed E-state index contributed by atoms with van der Waals surface area (Å²) in [6.45, 7) is 17.2. The normalized spacial score (nSPS) is 22.2. The number of nitrogen functional groups attached to an aromatic ring is 1. The van der Waals surface area contributed by atoms with Crippen LogP contribution in [-0.2, 0) is 57.3 Å². The van der Waals surface area contributed by atoms with Crippen LogP contribution in [0.1, 0.15) is 101 Å². The number of aryl methyl sites for hydroxylation is 1. The van der Waals surface area contributed by atoms with Gasteiger partial charge in [0.2, 0.25) is 5.91 Å². The Morgan fingerprint density at radius 2 is 1.77 bits per heavy atom. The summed E-state index contributed by atoms with van der Waals surface area (Å²) < 4.78 is 33.2. The maximum atomic E-state index is 15.0. The summed E-state index contributed by atoms with van der Waals surface area (Å²) in [5.74, 6) is 4.24. The Labute approximate surface area is 470 Å². The first-order chi connectivity index (χ1) is 38.1. The first-order valence-corrected chi connectivity index (χ1v) is 30.7. The Morgan fingerprint density at radius 3 is 2.49 bits per heavy atom. The molecule has 80 heavy (non-hydrogen) atoms. The SMILES string of the molecule is CCn1c(-c2cc(C#CCN3CCP(C)(=O)CC3)cnc2[C@H](C)OC)c2c3cc(ccc31)-c1cc(O)cc(c1)C[C@H](NC(=O)[C@H](C(C)C)N(C)C(=O)[C@@H]1OCC[C@@H]1c1ccc(N)cc1)C(=O)N1CCC[C@H](N1)C(=O)OCC(C)(C)C2. The number of cyclic esters (lactones) is 1. The lowest BCUT2D eigenvalue weighted by Gasteiger charge is -2.37. The average Bonchev–Trinajstić information content (AvgIpc) is 4.14. The zero-order chi connectivity index (χ0) is 57.2. The minimum Gasteiger partial charge on any atom is -0.508 e. The highest BCUT2D eigenvalue weighted by molar-refractivity contribution is 7.63. The molecule has 0 unspecified atom stereocenters. The zero-order valence-electron chi connectivity index (χ0n) is 47.8. The van der Waals surface area contributed by atoms with Crippen molar-refractivity contribution < 1.29 is 43.1 Å². The molecule has 4 aliphatic heterocycles. The minimum absolute atomic E-state index is 0.0259. The number of hydrogen-bond acceptors (Lipinski definition) is 13. The second-order valence-corrected chi connectivity index (χ2v) is 27.1. The number of benzene rings is 3. The lowest BCUT2D eigenvalue weighted by atomic mass is 9.84. The van der Waals surface area contributed by atoms with Gasteiger partial charge in [0.25, 0.3) is 11.8 Å². The molecule has 4 aliphatic rings. The minimum atomic E-state index is -2.08. The Bertz CT molecular complexity index is 3240. The van der Waals surface area contributed by atoms with E-state index in [1.54, 1.807) is 44.6 Å². The van der Waals surface area contributed by atoms with Crippen LogP contribution in [0.25, 0.3) is 33.3 Å². The Kier molecular flexibility index (Phi) is 17.6. The predicted molar refractivity (Wildman–Crippen MR) is 311 cm³/mol. The smallest absolute Gasteiger partial charge is 0.324 e. The second kappa shape index (κ2) is 24.3. The van der Waals surface area contributed by atoms with Gasteiger partial charge in [-0.05, 0) is 122 Å². The number of nitrogens with one attached hydrogen (secondary N) is 2. The molecule has 17 nitrogen and oxygen atoms in total. The van der Waals surface area contributed by atoms with E-state index in [9.17, 15) is 28.8 Å². The fourth-order valence-corrected chi connectivity index (χ4v) is 13.6. The number of nitrogens with two attached hydrogens (primary N) is 1. The van der Waals surface area contributed by atoms with E-state index in [4.69, 9.17) is 24.9 Å². The molecule has 0 aliphatic carbocycles. The second-order valence-electron chi connectivity index (χ2n) is 23.6. The van der Waals surface area contributed by atoms with E-state index in [-0.39, 0.29) is 49.2 Å². The number of phenols is 1. The van der Waals surface area contributed by atoms with Crippen LogP contribution in [0.5, 0.6) is 5.75 Å². The number of carbonyl (C=O) groups is 4. The molecule has 5 N–H and O–H groups in total. The lowest BCUT2D eigenvalue weighted by molar-refractivity contribution is -0.155. The van der Waals surface area contributed by atoms with Gasteiger partial charge in [0.15, 0.2) is 0 Å². The van der Waals surface area contributed by atoms with Crippen LogP contribution < -0.4 is 16.5 Å². The number of pyridine rings is 1. The molecule has 9 rings (SSSR count). The monoisotopic (exact) mass is 1110 g/mol. The molecule has 6 heterocycles. The number of aromatic nitrogens is 2. The molecule has 6 atom stereocenters. The predicted octanol–water partition coefficient (Wildman–Crippen LogP) is 7.75. The van der Waals surface area contributed by atoms with Crippen molar-refractivity contribution >= 4 is 47.4 Å². The molecule has 3 fully saturated rings. The number of esters is 1. The molecule has 3 amide bonds. The number of phenolic OH excluding ortho intramolecular Hbond substituents is 1. The summed E-state index contributed by atoms with van der Waals surface area (Å²) in [7, 11) is 1.19. The largest absolute Gasteiger partial charge is 0.508 e. The van der Waals surface area contributed by atoms with Crippen molar-refractivity contribution in [3.8, 4) is 40.0 Å². The summed E-state index contributed by atoms with van der Waals surface area (Å²) >= 11 is 0. The summed E-state index contributed by atoms with van der Waals surface area (Å²) in [5.41, 5.74) is 17.4. The number of hydrogen-bond donors (Lipinski definition) is 4. The molecule has 0 spiro atoms. The van der Waals surface area contributed by atoms with Gasteiger partial charge >= 0.3 is 5.97 Å². The summed E-state index contributed by atoms with van der Waals surface area (Å²) in [6.07, 6.45) is 3.97. The summed E-state index contributed by atoms with van der Waals surface area (Å²) in [6, 6.07) is 17.9. The van der Waals surface area contributed by atoms with E-state index in [1.165, 1.54) is 9.91 Å². The molecule has 2 aromatic heterocycles. The fraction of sp³-hybridized carbons (Fsp3) is 0.500. The molecule has 18 heteroatoms. The molecular weight excluding hydrogens is 1030 g/mol. The van der Waals surface area contributed by atoms with E-state index < -0.39 is 54.6 Å². The number of amides is 3. The number of aromatic hydroxyl groups is 1. The van der Waals surface area contributed by atoms with Gasteiger partial charge in [0.05, 0.1) is 37.8 Å². The van der Waals surface area contributed by atoms with E-state index in [0.717, 1.165) is 63.2 Å². The van der Waals surface area contributed by atoms with E-state index in [0.29, 0.717) is 74.5 Å². The zero-order valence-corrected chi connectivity index (χ0v) is 48.7. The van der Waals surface area contributed by atoms with Crippen molar-refractivity contribution in [3.63, 3.8) is 0 Å². The highest BCUT2D eigenvalue weighted by Gasteiger charge is 2.42. The van der Waals surface area contributed by atoms with Gasteiger partial charge in [-0.1, -0.05) is 63.8 Å². The molecule has 3 saturated heterocycles. The summed E-state index contributed by atoms with van der Waals surface area (Å²) in [4.78, 5) is 67.1. The Morgan fingerprint density at radius 1 is 1.02 bits per heavy atom. The van der Waals surface area contributed by atoms with Crippen molar-refractivity contribution in [2.45, 2.75) is 116 Å². The number of methoxy groups -OCH3 is 1. The number of nitrogens with zero attached hydrogens (tertiary/aromatic N) is 5. The van der Waals surface area contributed by atoms with Crippen LogP contribution in [0.15, 0.2) is 72.9 Å². The van der Waals surface area contributed by atoms with Gasteiger partial charge in [0, 0.05) is 111 Å². The average molecular weight is 1110 g/mol. The van der Waals surface area contributed by atoms with Gasteiger partial charge < -0.3 is 44.4 Å². The maximum Gasteiger partial charge on any atom is 0.324 e. The standard InChI is InChI=1S/C62H79N8O9P/c1-10-69-53-20-17-43-34-48(53)50(56(69)49-31-40(36-64-54(49)39(4)77-8)13-11-22-68-24-27-80(9,76)28-25-68)35-62(5,6)37-79-61(75)51-14-12-23-70(66-51)59(73)52(32-41-29-44(43)33-46(71)30-41)65-58(72)55(38(2)3)67(7)60(74)57-47(21-26-78-57)42-15-18-45(63)19-16-42/h15-20,29-31,33-34,36,38-39,47,51-52,55,57,66,71H,10,12,14,21-28,32,35,37,63H2,1-9H3,(H,65,72)/t39-,47+,51-,52-,55-,57+/m0/s1. The number of fused-ring (bicyclic) bond motifs is 6. The Hall–Kier alpha value is -6.54. The number of carbonyl (C=O) groups excluding carboxylic acids is 4. The third kappa shape index (κ3) is 12.8. The van der Waals surface area contributed by atoms with Crippen molar-refractivity contribution in [3.05, 3.63) is 101 Å². The van der Waals surface area contributed by atoms with E-state index in [1.807, 2.05) is 51.7 Å². The van der Waals surface area contributed by atoms with Crippen LogP contribution in [0, 0.1) is 23.2 Å². The highest BCUT2D eigenvalue weighted by Crippen LogP contribution is 2.44. The molecule has 6 bridgehead atoms. The van der Waals surface area contributed by atoms with Crippen LogP contribution >= 0.6 is 7.14 Å². The molecule has 0 saturated carbocycles. The van der Waals surface area contributed by atoms with Crippen LogP contribution in [0.3, 0.4) is 0 Å². The molecule has 3 aromatic carbocycles. The summed E-state index contributed by atoms with van der Waals surface area (Å²) in [5, 5.41) is 16.9. The van der Waals surface area contributed by atoms with Gasteiger partial charge in [-0.2, -0.15) is 0 Å². The number of ether oxygens (including phenoxy) is 3. The third-order valence-corrected chi connectivity index (χ3v) is 18.7. The van der Waals surface area contributed by atoms with E-state index >= 15 is 0 Å². The number of rotatable bonds is 11. The quantitative estimate of drug-likeness (QED) is 0.0432. The van der Waals surface area contributed by atoms with Crippen molar-refractivity contribution in [2.75, 3.05) is 78.3 Å². The first kappa shape index (κ1) is 58.1. The van der Waals surface area contributed by atoms with E-state index in [2.05, 4.69) is 71.0 Å². The molecule has 5 aromatic rings. The van der Waals surface area contributed by atoms with Gasteiger partial charge in [-0.15, -0.1) is 0 Å². The fourth-order valence-electron chi connectivity index (χ4n) is 12.0. The highest BCUT2D eigenvalue weighted by atomic mass is 31.2. The maximum absolute atomic E-state index is 15.0. The van der Waals surface area contributed by atoms with Gasteiger partial charge in [-0.3, -0.25) is 34.1 Å². The van der Waals surface area contributed by atoms with Gasteiger partial charge in [0.1, 0.15) is 30.0 Å². The third-order valence-electron chi connectivity index (χ3n) is 16.4. The topological polar surface area (TPSA) is 211 Å². The molecular formula is C62H79N8O9P. The lowest BCUT2D eigenvalue weighted by Crippen LogP contribution is -2.62. The van der Waals surface area contributed by atoms with Crippen LogP contribution in [0.2, 0.25) is 0 Å². The molecule has 426 valence electrons. The Balaban J connectivity index is 1.10. The number of likely N-dealkylation sites (N-methyl/N-ethyl adjacent to an activating group) is 1. The first-order valence-electron chi connectivity index (χ1n) is 28.2. The number of anilines is 1. The van der Waals surface area contributed by atoms with Crippen LogP contribution in [-0.4, -0.2) is 150 Å². The van der Waals surface area contributed by atoms with Crippen molar-refractivity contribution in [2.24, 2.45) is 11.3 Å². The number of hydrazine groups is 1. The van der Waals surface area contributed by atoms with Crippen molar-refractivity contribution in [1.82, 2.24) is 35.1 Å².